The van der Waals surface area contributed by atoms with Crippen LogP contribution in [0.25, 0.3) is 0 Å². The molecule has 1 saturated heterocycles. The van der Waals surface area contributed by atoms with Crippen LogP contribution in [-0.2, 0) is 10.0 Å². The van der Waals surface area contributed by atoms with Crippen LogP contribution in [-0.4, -0.2) is 32.4 Å². The van der Waals surface area contributed by atoms with Gasteiger partial charge in [-0.15, -0.1) is 0 Å². The minimum Gasteiger partial charge on any atom is -0.384 e. The van der Waals surface area contributed by atoms with Crippen molar-refractivity contribution in [2.75, 3.05) is 23.2 Å². The summed E-state index contributed by atoms with van der Waals surface area (Å²) in [7, 11) is -3.20. The van der Waals surface area contributed by atoms with Crippen molar-refractivity contribution in [1.82, 2.24) is 0 Å². The van der Waals surface area contributed by atoms with Crippen molar-refractivity contribution in [2.24, 2.45) is 0 Å². The molecule has 0 radical (unpaired) electrons. The molecule has 1 aliphatic heterocycles. The normalized spacial score (nSPS) is 17.3. The molecule has 0 saturated carbocycles. The van der Waals surface area contributed by atoms with Crippen molar-refractivity contribution in [1.29, 1.82) is 0 Å². The number of hydrogen-bond acceptors (Lipinski definition) is 3. The molecule has 0 amide bonds. The predicted octanol–water partition coefficient (Wildman–Crippen LogP) is 0.879. The molecule has 1 aromatic rings. The number of rotatable bonds is 1. The van der Waals surface area contributed by atoms with Gasteiger partial charge in [0.1, 0.15) is 6.61 Å². The largest absolute Gasteiger partial charge is 0.384 e. The van der Waals surface area contributed by atoms with Gasteiger partial charge in [-0.25, -0.2) is 8.42 Å². The van der Waals surface area contributed by atoms with E-state index in [1.807, 2.05) is 19.1 Å². The predicted molar refractivity (Wildman–Crippen MR) is 70.9 cm³/mol. The van der Waals surface area contributed by atoms with Gasteiger partial charge in [0.05, 0.1) is 11.4 Å². The molecule has 5 heteroatoms. The minimum atomic E-state index is -3.20. The first kappa shape index (κ1) is 12.9. The van der Waals surface area contributed by atoms with E-state index in [0.29, 0.717) is 24.2 Å². The number of aliphatic hydroxyl groups is 1. The van der Waals surface area contributed by atoms with Crippen LogP contribution < -0.4 is 4.31 Å². The van der Waals surface area contributed by atoms with Gasteiger partial charge in [0.15, 0.2) is 0 Å². The zero-order valence-electron chi connectivity index (χ0n) is 10.2. The number of hydrogen-bond donors (Lipinski definition) is 1. The van der Waals surface area contributed by atoms with E-state index < -0.39 is 10.0 Å². The molecule has 18 heavy (non-hydrogen) atoms. The van der Waals surface area contributed by atoms with E-state index >= 15 is 0 Å². The lowest BCUT2D eigenvalue weighted by Gasteiger charge is -2.19. The average molecular weight is 265 g/mol. The summed E-state index contributed by atoms with van der Waals surface area (Å²) >= 11 is 0. The van der Waals surface area contributed by atoms with E-state index in [1.165, 1.54) is 4.31 Å². The van der Waals surface area contributed by atoms with Crippen LogP contribution in [0.3, 0.4) is 0 Å². The molecule has 0 atom stereocenters. The number of anilines is 1. The van der Waals surface area contributed by atoms with Crippen LogP contribution in [0.1, 0.15) is 17.5 Å². The molecule has 1 aromatic carbocycles. The number of aryl methyl sites for hydroxylation is 1. The Balaban J connectivity index is 2.52. The highest BCUT2D eigenvalue weighted by atomic mass is 32.2. The Bertz CT molecular complexity index is 611. The molecule has 1 fully saturated rings. The summed E-state index contributed by atoms with van der Waals surface area (Å²) < 4.78 is 25.3. The molecule has 0 spiro atoms. The van der Waals surface area contributed by atoms with E-state index in [-0.39, 0.29) is 12.4 Å². The highest BCUT2D eigenvalue weighted by molar-refractivity contribution is 7.93. The van der Waals surface area contributed by atoms with Crippen molar-refractivity contribution in [3.05, 3.63) is 29.3 Å². The molecule has 1 aliphatic rings. The Morgan fingerprint density at radius 3 is 2.83 bits per heavy atom. The fraction of sp³-hybridized carbons (Fsp3) is 0.385. The number of nitrogens with zero attached hydrogens (tertiary/aromatic N) is 1. The van der Waals surface area contributed by atoms with Gasteiger partial charge in [-0.05, 0) is 31.0 Å². The van der Waals surface area contributed by atoms with Gasteiger partial charge in [-0.1, -0.05) is 17.9 Å². The van der Waals surface area contributed by atoms with E-state index in [4.69, 9.17) is 5.11 Å². The zero-order chi connectivity index (χ0) is 13.2. The van der Waals surface area contributed by atoms with Crippen molar-refractivity contribution in [3.8, 4) is 11.8 Å². The van der Waals surface area contributed by atoms with Gasteiger partial charge < -0.3 is 5.11 Å². The first-order chi connectivity index (χ1) is 8.54. The maximum atomic E-state index is 11.9. The Labute approximate surface area is 107 Å². The Morgan fingerprint density at radius 2 is 2.22 bits per heavy atom. The summed E-state index contributed by atoms with van der Waals surface area (Å²) in [6.45, 7) is 2.18. The number of benzene rings is 1. The van der Waals surface area contributed by atoms with Crippen LogP contribution in [0.5, 0.6) is 0 Å². The molecule has 0 aromatic heterocycles. The van der Waals surface area contributed by atoms with Crippen molar-refractivity contribution < 1.29 is 13.5 Å². The van der Waals surface area contributed by atoms with Crippen molar-refractivity contribution >= 4 is 15.7 Å². The molecular weight excluding hydrogens is 250 g/mol. The second kappa shape index (κ2) is 5.01. The van der Waals surface area contributed by atoms with E-state index in [9.17, 15) is 8.42 Å². The third-order valence-corrected chi connectivity index (χ3v) is 4.68. The summed E-state index contributed by atoms with van der Waals surface area (Å²) in [5.41, 5.74) is 2.25. The lowest BCUT2D eigenvalue weighted by Crippen LogP contribution is -2.26. The molecule has 2 rings (SSSR count). The number of aliphatic hydroxyl groups excluding tert-OH is 1. The van der Waals surface area contributed by atoms with Crippen LogP contribution >= 0.6 is 0 Å². The lowest BCUT2D eigenvalue weighted by atomic mass is 10.1. The van der Waals surface area contributed by atoms with Crippen LogP contribution in [0, 0.1) is 18.8 Å². The third-order valence-electron chi connectivity index (χ3n) is 2.82. The van der Waals surface area contributed by atoms with Gasteiger partial charge in [0.2, 0.25) is 10.0 Å². The molecule has 1 heterocycles. The van der Waals surface area contributed by atoms with Crippen LogP contribution in [0.4, 0.5) is 5.69 Å². The average Bonchev–Trinajstić information content (AvgIpc) is 2.67. The summed E-state index contributed by atoms with van der Waals surface area (Å²) in [6.07, 6.45) is 0.642. The van der Waals surface area contributed by atoms with Crippen molar-refractivity contribution in [2.45, 2.75) is 13.3 Å². The first-order valence-electron chi connectivity index (χ1n) is 5.75. The summed E-state index contributed by atoms with van der Waals surface area (Å²) in [4.78, 5) is 0. The number of sulfonamides is 1. The highest BCUT2D eigenvalue weighted by Crippen LogP contribution is 2.28. The van der Waals surface area contributed by atoms with Gasteiger partial charge in [0.25, 0.3) is 0 Å². The Kier molecular flexibility index (Phi) is 3.60. The molecule has 0 unspecified atom stereocenters. The second-order valence-corrected chi connectivity index (χ2v) is 6.24. The fourth-order valence-electron chi connectivity index (χ4n) is 2.00. The fourth-order valence-corrected chi connectivity index (χ4v) is 3.57. The maximum absolute atomic E-state index is 11.9. The van der Waals surface area contributed by atoms with Crippen LogP contribution in [0.15, 0.2) is 18.2 Å². The summed E-state index contributed by atoms with van der Waals surface area (Å²) in [6, 6.07) is 5.50. The molecule has 4 nitrogen and oxygen atoms in total. The second-order valence-electron chi connectivity index (χ2n) is 4.22. The zero-order valence-corrected chi connectivity index (χ0v) is 11.0. The van der Waals surface area contributed by atoms with Crippen LogP contribution in [0.2, 0.25) is 0 Å². The first-order valence-corrected chi connectivity index (χ1v) is 7.36. The maximum Gasteiger partial charge on any atom is 0.235 e. The summed E-state index contributed by atoms with van der Waals surface area (Å²) in [5, 5.41) is 8.74. The molecule has 96 valence electrons. The van der Waals surface area contributed by atoms with Gasteiger partial charge in [0, 0.05) is 12.1 Å². The van der Waals surface area contributed by atoms with Crippen molar-refractivity contribution in [3.63, 3.8) is 0 Å². The SMILES string of the molecule is Cc1ccc(C#CCO)c(N2CCCS2(=O)=O)c1. The highest BCUT2D eigenvalue weighted by Gasteiger charge is 2.29. The lowest BCUT2D eigenvalue weighted by molar-refractivity contribution is 0.350. The quantitative estimate of drug-likeness (QED) is 0.767. The van der Waals surface area contributed by atoms with Gasteiger partial charge in [-0.3, -0.25) is 4.31 Å². The van der Waals surface area contributed by atoms with E-state index in [2.05, 4.69) is 11.8 Å². The molecular formula is C13H15NO3S. The van der Waals surface area contributed by atoms with E-state index in [1.54, 1.807) is 6.07 Å². The van der Waals surface area contributed by atoms with E-state index in [0.717, 1.165) is 5.56 Å². The van der Waals surface area contributed by atoms with Gasteiger partial charge >= 0.3 is 0 Å². The summed E-state index contributed by atoms with van der Waals surface area (Å²) in [5.74, 6) is 5.55. The smallest absolute Gasteiger partial charge is 0.235 e. The Morgan fingerprint density at radius 1 is 1.44 bits per heavy atom. The monoisotopic (exact) mass is 265 g/mol. The Hall–Kier alpha value is -1.51. The molecule has 0 aliphatic carbocycles. The third kappa shape index (κ3) is 2.50. The topological polar surface area (TPSA) is 57.6 Å². The molecule has 0 bridgehead atoms. The molecule has 1 N–H and O–H groups in total. The minimum absolute atomic E-state index is 0.188. The standard InChI is InChI=1S/C13H15NO3S/c1-11-5-6-12(4-2-8-15)13(10-11)14-7-3-9-18(14,16)17/h5-6,10,15H,3,7-9H2,1H3. The van der Waals surface area contributed by atoms with Gasteiger partial charge in [-0.2, -0.15) is 0 Å².